The Morgan fingerprint density at radius 2 is 1.52 bits per heavy atom. The Kier molecular flexibility index (Phi) is 5.60. The molecule has 0 spiro atoms. The Bertz CT molecular complexity index is 640. The molecule has 25 heavy (non-hydrogen) atoms. The highest BCUT2D eigenvalue weighted by Crippen LogP contribution is 2.38. The van der Waals surface area contributed by atoms with Crippen LogP contribution in [0.15, 0.2) is 0 Å². The van der Waals surface area contributed by atoms with Crippen molar-refractivity contribution in [1.82, 2.24) is 0 Å². The van der Waals surface area contributed by atoms with Gasteiger partial charge in [-0.25, -0.2) is 17.6 Å². The molecule has 1 N–H and O–H groups in total. The second-order valence-electron chi connectivity index (χ2n) is 5.73. The third-order valence-electron chi connectivity index (χ3n) is 4.18. The molecule has 2 rings (SSSR count). The monoisotopic (exact) mass is 373 g/mol. The van der Waals surface area contributed by atoms with Gasteiger partial charge in [0.2, 0.25) is 5.91 Å². The summed E-state index contributed by atoms with van der Waals surface area (Å²) in [5.74, 6) is -11.8. The van der Waals surface area contributed by atoms with Gasteiger partial charge in [-0.3, -0.25) is 4.79 Å². The molecule has 1 heterocycles. The first-order valence-corrected chi connectivity index (χ1v) is 7.37. The first-order valence-electron chi connectivity index (χ1n) is 7.37. The third-order valence-corrected chi connectivity index (χ3v) is 4.18. The van der Waals surface area contributed by atoms with Gasteiger partial charge in [0.15, 0.2) is 23.3 Å². The van der Waals surface area contributed by atoms with Crippen molar-refractivity contribution in [1.29, 1.82) is 0 Å². The Morgan fingerprint density at radius 3 is 1.96 bits per heavy atom. The summed E-state index contributed by atoms with van der Waals surface area (Å²) in [6.45, 7) is 2.21. The van der Waals surface area contributed by atoms with Crippen LogP contribution in [-0.2, 0) is 15.7 Å². The highest BCUT2D eigenvalue weighted by Gasteiger charge is 2.42. The van der Waals surface area contributed by atoms with Gasteiger partial charge in [-0.2, -0.15) is 13.2 Å². The summed E-state index contributed by atoms with van der Waals surface area (Å²) in [6, 6.07) is 0. The maximum atomic E-state index is 13.8. The van der Waals surface area contributed by atoms with Crippen LogP contribution in [0.2, 0.25) is 0 Å². The van der Waals surface area contributed by atoms with Crippen molar-refractivity contribution in [2.24, 2.45) is 11.8 Å². The van der Waals surface area contributed by atoms with E-state index in [4.69, 9.17) is 4.74 Å². The van der Waals surface area contributed by atoms with E-state index in [0.29, 0.717) is 26.1 Å². The molecule has 1 saturated heterocycles. The van der Waals surface area contributed by atoms with Crippen LogP contribution in [0.5, 0.6) is 0 Å². The summed E-state index contributed by atoms with van der Waals surface area (Å²) in [6.07, 6.45) is -4.64. The van der Waals surface area contributed by atoms with E-state index in [0.717, 1.165) is 0 Å². The average Bonchev–Trinajstić information content (AvgIpc) is 2.55. The van der Waals surface area contributed by atoms with Crippen LogP contribution in [0, 0.1) is 35.1 Å². The molecule has 0 aromatic heterocycles. The standard InChI is InChI=1S/C15H14F7NO2/c1-6(7-2-4-25-5-3-7)14(24)23-13-11(18)9(16)8(15(20,21)22)10(17)12(13)19/h6-7H,2-5H2,1H3,(H,23,24). The molecule has 0 bridgehead atoms. The molecule has 1 amide bonds. The van der Waals surface area contributed by atoms with Crippen LogP contribution >= 0.6 is 0 Å². The molecule has 1 aliphatic heterocycles. The predicted octanol–water partition coefficient (Wildman–Crippen LogP) is 4.26. The van der Waals surface area contributed by atoms with E-state index in [1.807, 2.05) is 0 Å². The summed E-state index contributed by atoms with van der Waals surface area (Å²) >= 11 is 0. The van der Waals surface area contributed by atoms with E-state index in [2.05, 4.69) is 0 Å². The minimum atomic E-state index is -5.63. The topological polar surface area (TPSA) is 38.3 Å². The summed E-state index contributed by atoms with van der Waals surface area (Å²) < 4.78 is 97.3. The highest BCUT2D eigenvalue weighted by molar-refractivity contribution is 5.92. The molecule has 0 aliphatic carbocycles. The summed E-state index contributed by atoms with van der Waals surface area (Å²) in [7, 11) is 0. The Labute approximate surface area is 138 Å². The van der Waals surface area contributed by atoms with Crippen molar-refractivity contribution in [3.8, 4) is 0 Å². The largest absolute Gasteiger partial charge is 0.422 e. The molecule has 0 radical (unpaired) electrons. The highest BCUT2D eigenvalue weighted by atomic mass is 19.4. The number of amides is 1. The van der Waals surface area contributed by atoms with Gasteiger partial charge in [0.05, 0.1) is 0 Å². The molecule has 1 atom stereocenters. The van der Waals surface area contributed by atoms with Gasteiger partial charge in [-0.15, -0.1) is 0 Å². The van der Waals surface area contributed by atoms with Gasteiger partial charge in [-0.05, 0) is 18.8 Å². The van der Waals surface area contributed by atoms with Crippen molar-refractivity contribution in [3.63, 3.8) is 0 Å². The van der Waals surface area contributed by atoms with Crippen LogP contribution in [0.4, 0.5) is 36.4 Å². The zero-order chi connectivity index (χ0) is 18.9. The van der Waals surface area contributed by atoms with Gasteiger partial charge in [0, 0.05) is 19.1 Å². The number of benzene rings is 1. The number of halogens is 7. The molecule has 1 aromatic carbocycles. The van der Waals surface area contributed by atoms with E-state index in [9.17, 15) is 35.5 Å². The molecular weight excluding hydrogens is 359 g/mol. The molecule has 1 aliphatic rings. The zero-order valence-corrected chi connectivity index (χ0v) is 12.9. The number of anilines is 1. The lowest BCUT2D eigenvalue weighted by molar-refractivity contribution is -0.143. The Hall–Kier alpha value is -1.84. The fraction of sp³-hybridized carbons (Fsp3) is 0.533. The van der Waals surface area contributed by atoms with Gasteiger partial charge < -0.3 is 10.1 Å². The predicted molar refractivity (Wildman–Crippen MR) is 72.6 cm³/mol. The number of nitrogens with one attached hydrogen (secondary N) is 1. The van der Waals surface area contributed by atoms with Crippen LogP contribution in [-0.4, -0.2) is 19.1 Å². The van der Waals surface area contributed by atoms with Gasteiger partial charge in [0.25, 0.3) is 0 Å². The minimum absolute atomic E-state index is 0.191. The molecule has 10 heteroatoms. The lowest BCUT2D eigenvalue weighted by atomic mass is 9.86. The number of ether oxygens (including phenoxy) is 1. The maximum absolute atomic E-state index is 13.8. The molecule has 1 aromatic rings. The number of hydrogen-bond acceptors (Lipinski definition) is 2. The zero-order valence-electron chi connectivity index (χ0n) is 12.9. The summed E-state index contributed by atoms with van der Waals surface area (Å²) in [5, 5.41) is 1.66. The SMILES string of the molecule is CC(C(=O)Nc1c(F)c(F)c(C(F)(F)F)c(F)c1F)C1CCOCC1. The van der Waals surface area contributed by atoms with Crippen molar-refractivity contribution in [2.75, 3.05) is 18.5 Å². The molecule has 1 fully saturated rings. The van der Waals surface area contributed by atoms with Crippen molar-refractivity contribution in [3.05, 3.63) is 28.8 Å². The average molecular weight is 373 g/mol. The lowest BCUT2D eigenvalue weighted by Gasteiger charge is -2.27. The fourth-order valence-electron chi connectivity index (χ4n) is 2.66. The number of rotatable bonds is 3. The number of carbonyl (C=O) groups is 1. The van der Waals surface area contributed by atoms with E-state index < -0.39 is 52.5 Å². The van der Waals surface area contributed by atoms with Crippen LogP contribution < -0.4 is 5.32 Å². The number of alkyl halides is 3. The number of hydrogen-bond donors (Lipinski definition) is 1. The van der Waals surface area contributed by atoms with Crippen LogP contribution in [0.1, 0.15) is 25.3 Å². The first-order chi connectivity index (χ1) is 11.6. The van der Waals surface area contributed by atoms with Gasteiger partial charge >= 0.3 is 6.18 Å². The van der Waals surface area contributed by atoms with E-state index in [-0.39, 0.29) is 5.92 Å². The maximum Gasteiger partial charge on any atom is 0.422 e. The van der Waals surface area contributed by atoms with Crippen molar-refractivity contribution < 1.29 is 40.3 Å². The van der Waals surface area contributed by atoms with Crippen molar-refractivity contribution >= 4 is 11.6 Å². The van der Waals surface area contributed by atoms with E-state index >= 15 is 0 Å². The van der Waals surface area contributed by atoms with Crippen LogP contribution in [0.3, 0.4) is 0 Å². The normalized spacial score (nSPS) is 17.4. The smallest absolute Gasteiger partial charge is 0.381 e. The minimum Gasteiger partial charge on any atom is -0.381 e. The Balaban J connectivity index is 2.32. The number of carbonyl (C=O) groups excluding carboxylic acids is 1. The summed E-state index contributed by atoms with van der Waals surface area (Å²) in [4.78, 5) is 12.1. The lowest BCUT2D eigenvalue weighted by Crippen LogP contribution is -2.32. The van der Waals surface area contributed by atoms with Crippen molar-refractivity contribution in [2.45, 2.75) is 25.9 Å². The molecule has 140 valence electrons. The second kappa shape index (κ2) is 7.19. The molecule has 3 nitrogen and oxygen atoms in total. The first kappa shape index (κ1) is 19.5. The molecular formula is C15H14F7NO2. The second-order valence-corrected chi connectivity index (χ2v) is 5.73. The van der Waals surface area contributed by atoms with E-state index in [1.54, 1.807) is 5.32 Å². The fourth-order valence-corrected chi connectivity index (χ4v) is 2.66. The van der Waals surface area contributed by atoms with Crippen LogP contribution in [0.25, 0.3) is 0 Å². The quantitative estimate of drug-likeness (QED) is 0.635. The van der Waals surface area contributed by atoms with Gasteiger partial charge in [-0.1, -0.05) is 6.92 Å². The third kappa shape index (κ3) is 3.88. The Morgan fingerprint density at radius 1 is 1.04 bits per heavy atom. The summed E-state index contributed by atoms with van der Waals surface area (Å²) in [5.41, 5.74) is -4.26. The molecule has 0 saturated carbocycles. The molecule has 1 unspecified atom stereocenters. The van der Waals surface area contributed by atoms with E-state index in [1.165, 1.54) is 6.92 Å². The van der Waals surface area contributed by atoms with Gasteiger partial charge in [0.1, 0.15) is 11.3 Å².